The Kier molecular flexibility index (Phi) is 4.39. The van der Waals surface area contributed by atoms with E-state index in [0.717, 1.165) is 21.2 Å². The van der Waals surface area contributed by atoms with Crippen molar-refractivity contribution in [3.63, 3.8) is 0 Å². The van der Waals surface area contributed by atoms with Gasteiger partial charge in [0, 0.05) is 16.5 Å². The first-order valence-electron chi connectivity index (χ1n) is 6.92. The smallest absolute Gasteiger partial charge is 0.357 e. The molecule has 0 bridgehead atoms. The van der Waals surface area contributed by atoms with Crippen molar-refractivity contribution in [1.29, 1.82) is 0 Å². The van der Waals surface area contributed by atoms with E-state index >= 15 is 0 Å². The average molecular weight is 309 g/mol. The number of pyridine rings is 1. The summed E-state index contributed by atoms with van der Waals surface area (Å²) in [4.78, 5) is 17.6. The van der Waals surface area contributed by atoms with Crippen LogP contribution in [0.5, 0.6) is 0 Å². The molecule has 3 rings (SSSR count). The number of benzene rings is 2. The normalized spacial score (nSPS) is 10.6. The van der Waals surface area contributed by atoms with Crippen LogP contribution in [0.1, 0.15) is 16.1 Å². The Labute approximate surface area is 133 Å². The molecule has 0 saturated heterocycles. The van der Waals surface area contributed by atoms with Gasteiger partial charge in [-0.25, -0.2) is 9.78 Å². The number of carbonyl (C=O) groups is 1. The largest absolute Gasteiger partial charge is 0.456 e. The van der Waals surface area contributed by atoms with E-state index in [-0.39, 0.29) is 6.61 Å². The number of aromatic nitrogens is 1. The Morgan fingerprint density at radius 2 is 1.95 bits per heavy atom. The molecule has 4 heteroatoms. The molecule has 0 saturated carbocycles. The predicted octanol–water partition coefficient (Wildman–Crippen LogP) is 4.31. The molecule has 0 unspecified atom stereocenters. The maximum absolute atomic E-state index is 12.3. The summed E-state index contributed by atoms with van der Waals surface area (Å²) >= 11 is 1.67. The third kappa shape index (κ3) is 3.12. The van der Waals surface area contributed by atoms with E-state index in [9.17, 15) is 4.79 Å². The lowest BCUT2D eigenvalue weighted by Gasteiger charge is -2.07. The van der Waals surface area contributed by atoms with E-state index < -0.39 is 5.97 Å². The summed E-state index contributed by atoms with van der Waals surface area (Å²) in [6, 6.07) is 17.5. The third-order valence-corrected chi connectivity index (χ3v) is 4.10. The van der Waals surface area contributed by atoms with Gasteiger partial charge in [-0.2, -0.15) is 0 Å². The van der Waals surface area contributed by atoms with Crippen molar-refractivity contribution in [2.24, 2.45) is 0 Å². The van der Waals surface area contributed by atoms with Gasteiger partial charge in [0.15, 0.2) is 5.69 Å². The Morgan fingerprint density at radius 1 is 1.14 bits per heavy atom. The molecule has 0 aliphatic rings. The Morgan fingerprint density at radius 3 is 2.73 bits per heavy atom. The molecular formula is C18H15NO2S. The second kappa shape index (κ2) is 6.62. The average Bonchev–Trinajstić information content (AvgIpc) is 2.59. The summed E-state index contributed by atoms with van der Waals surface area (Å²) in [6.07, 6.45) is 3.67. The minimum atomic E-state index is -0.397. The molecule has 3 aromatic rings. The van der Waals surface area contributed by atoms with Gasteiger partial charge < -0.3 is 4.74 Å². The van der Waals surface area contributed by atoms with Crippen LogP contribution in [0.15, 0.2) is 65.7 Å². The monoisotopic (exact) mass is 309 g/mol. The summed E-state index contributed by atoms with van der Waals surface area (Å²) in [5, 5.41) is 1.81. The first-order valence-corrected chi connectivity index (χ1v) is 8.14. The quantitative estimate of drug-likeness (QED) is 0.531. The molecule has 0 N–H and O–H groups in total. The summed E-state index contributed by atoms with van der Waals surface area (Å²) in [7, 11) is 0. The van der Waals surface area contributed by atoms with Gasteiger partial charge >= 0.3 is 5.97 Å². The Hall–Kier alpha value is -2.33. The molecule has 1 heterocycles. The van der Waals surface area contributed by atoms with Gasteiger partial charge in [0.2, 0.25) is 0 Å². The Balaban J connectivity index is 1.84. The van der Waals surface area contributed by atoms with E-state index in [1.807, 2.05) is 54.8 Å². The molecule has 0 aliphatic carbocycles. The maximum Gasteiger partial charge on any atom is 0.357 e. The lowest BCUT2D eigenvalue weighted by Crippen LogP contribution is -2.08. The van der Waals surface area contributed by atoms with Crippen LogP contribution in [-0.2, 0) is 11.3 Å². The van der Waals surface area contributed by atoms with Crippen LogP contribution in [0.2, 0.25) is 0 Å². The SMILES string of the molecule is CSc1ccc2c(C(=O)OCc3ccccc3)nccc2c1. The van der Waals surface area contributed by atoms with Crippen molar-refractivity contribution in [3.8, 4) is 0 Å². The Bertz CT molecular complexity index is 803. The van der Waals surface area contributed by atoms with E-state index in [0.29, 0.717) is 5.69 Å². The molecule has 0 spiro atoms. The van der Waals surface area contributed by atoms with Gasteiger partial charge in [-0.3, -0.25) is 0 Å². The number of rotatable bonds is 4. The molecule has 2 aromatic carbocycles. The van der Waals surface area contributed by atoms with E-state index in [2.05, 4.69) is 11.1 Å². The number of ether oxygens (including phenoxy) is 1. The predicted molar refractivity (Wildman–Crippen MR) is 89.1 cm³/mol. The molecule has 0 radical (unpaired) electrons. The zero-order valence-electron chi connectivity index (χ0n) is 12.2. The van der Waals surface area contributed by atoms with Crippen LogP contribution in [0, 0.1) is 0 Å². The van der Waals surface area contributed by atoms with Crippen molar-refractivity contribution < 1.29 is 9.53 Å². The topological polar surface area (TPSA) is 39.2 Å². The molecule has 3 nitrogen and oxygen atoms in total. The highest BCUT2D eigenvalue weighted by Crippen LogP contribution is 2.24. The zero-order valence-corrected chi connectivity index (χ0v) is 13.0. The van der Waals surface area contributed by atoms with Crippen LogP contribution in [0.25, 0.3) is 10.8 Å². The van der Waals surface area contributed by atoms with Gasteiger partial charge in [-0.15, -0.1) is 11.8 Å². The van der Waals surface area contributed by atoms with Crippen LogP contribution in [0.3, 0.4) is 0 Å². The first kappa shape index (κ1) is 14.6. The molecule has 22 heavy (non-hydrogen) atoms. The number of carbonyl (C=O) groups excluding carboxylic acids is 1. The van der Waals surface area contributed by atoms with Crippen LogP contribution in [-0.4, -0.2) is 17.2 Å². The van der Waals surface area contributed by atoms with E-state index in [1.165, 1.54) is 0 Å². The van der Waals surface area contributed by atoms with Crippen molar-refractivity contribution in [1.82, 2.24) is 4.98 Å². The molecule has 0 amide bonds. The van der Waals surface area contributed by atoms with Crippen molar-refractivity contribution >= 4 is 28.5 Å². The standard InChI is InChI=1S/C18H15NO2S/c1-22-15-7-8-16-14(11-15)9-10-19-17(16)18(20)21-12-13-5-3-2-4-6-13/h2-11H,12H2,1H3. The summed E-state index contributed by atoms with van der Waals surface area (Å²) < 4.78 is 5.37. The van der Waals surface area contributed by atoms with Crippen LogP contribution < -0.4 is 0 Å². The van der Waals surface area contributed by atoms with Crippen molar-refractivity contribution in [3.05, 3.63) is 72.1 Å². The van der Waals surface area contributed by atoms with Gasteiger partial charge in [-0.05, 0) is 35.4 Å². The summed E-state index contributed by atoms with van der Waals surface area (Å²) in [6.45, 7) is 0.251. The number of fused-ring (bicyclic) bond motifs is 1. The van der Waals surface area contributed by atoms with Gasteiger partial charge in [0.1, 0.15) is 6.61 Å². The van der Waals surface area contributed by atoms with E-state index in [1.54, 1.807) is 18.0 Å². The molecule has 1 aromatic heterocycles. The third-order valence-electron chi connectivity index (χ3n) is 3.38. The second-order valence-electron chi connectivity index (χ2n) is 4.81. The number of thioether (sulfide) groups is 1. The van der Waals surface area contributed by atoms with Crippen molar-refractivity contribution in [2.45, 2.75) is 11.5 Å². The molecular weight excluding hydrogens is 294 g/mol. The minimum Gasteiger partial charge on any atom is -0.456 e. The maximum atomic E-state index is 12.3. The van der Waals surface area contributed by atoms with Crippen LogP contribution in [0.4, 0.5) is 0 Å². The molecule has 0 fully saturated rings. The van der Waals surface area contributed by atoms with Crippen molar-refractivity contribution in [2.75, 3.05) is 6.26 Å². The van der Waals surface area contributed by atoms with Crippen LogP contribution >= 0.6 is 11.8 Å². The molecule has 0 aliphatic heterocycles. The lowest BCUT2D eigenvalue weighted by atomic mass is 10.1. The first-order chi connectivity index (χ1) is 10.8. The highest BCUT2D eigenvalue weighted by molar-refractivity contribution is 7.98. The number of nitrogens with zero attached hydrogens (tertiary/aromatic N) is 1. The lowest BCUT2D eigenvalue weighted by molar-refractivity contribution is 0.0468. The fraction of sp³-hybridized carbons (Fsp3) is 0.111. The minimum absolute atomic E-state index is 0.251. The zero-order chi connectivity index (χ0) is 15.4. The molecule has 110 valence electrons. The number of hydrogen-bond donors (Lipinski definition) is 0. The number of esters is 1. The highest BCUT2D eigenvalue weighted by Gasteiger charge is 2.13. The summed E-state index contributed by atoms with van der Waals surface area (Å²) in [5.41, 5.74) is 1.32. The van der Waals surface area contributed by atoms with Gasteiger partial charge in [-0.1, -0.05) is 36.4 Å². The highest BCUT2D eigenvalue weighted by atomic mass is 32.2. The van der Waals surface area contributed by atoms with E-state index in [4.69, 9.17) is 4.74 Å². The summed E-state index contributed by atoms with van der Waals surface area (Å²) in [5.74, 6) is -0.397. The molecule has 0 atom stereocenters. The second-order valence-corrected chi connectivity index (χ2v) is 5.69. The number of hydrogen-bond acceptors (Lipinski definition) is 4. The fourth-order valence-corrected chi connectivity index (χ4v) is 2.69. The van der Waals surface area contributed by atoms with Gasteiger partial charge in [0.05, 0.1) is 0 Å². The fourth-order valence-electron chi connectivity index (χ4n) is 2.24. The van der Waals surface area contributed by atoms with Gasteiger partial charge in [0.25, 0.3) is 0 Å².